The molecular weight excluding hydrogens is 266 g/mol. The fourth-order valence-corrected chi connectivity index (χ4v) is 2.61. The van der Waals surface area contributed by atoms with Gasteiger partial charge in [-0.2, -0.15) is 22.5 Å². The van der Waals surface area contributed by atoms with E-state index in [9.17, 15) is 8.42 Å². The maximum atomic E-state index is 11.9. The molecule has 0 radical (unpaired) electrons. The van der Waals surface area contributed by atoms with Crippen LogP contribution in [0.5, 0.6) is 0 Å². The topological polar surface area (TPSA) is 90.1 Å². The Kier molecular flexibility index (Phi) is 4.92. The zero-order chi connectivity index (χ0) is 13.7. The Morgan fingerprint density at radius 3 is 2.95 bits per heavy atom. The lowest BCUT2D eigenvalue weighted by Crippen LogP contribution is -2.39. The highest BCUT2D eigenvalue weighted by Gasteiger charge is 2.20. The zero-order valence-electron chi connectivity index (χ0n) is 11.1. The lowest BCUT2D eigenvalue weighted by Gasteiger charge is -2.17. The van der Waals surface area contributed by atoms with E-state index in [0.29, 0.717) is 12.6 Å². The molecule has 0 saturated heterocycles. The third-order valence-electron chi connectivity index (χ3n) is 3.08. The third kappa shape index (κ3) is 4.90. The Morgan fingerprint density at radius 2 is 2.32 bits per heavy atom. The van der Waals surface area contributed by atoms with Gasteiger partial charge in [-0.25, -0.2) is 0 Å². The normalized spacial score (nSPS) is 16.1. The number of hydrogen-bond donors (Lipinski definition) is 3. The molecule has 3 N–H and O–H groups in total. The molecule has 0 atom stereocenters. The van der Waals surface area contributed by atoms with Crippen molar-refractivity contribution in [1.29, 1.82) is 0 Å². The van der Waals surface area contributed by atoms with Gasteiger partial charge in [0, 0.05) is 37.9 Å². The molecule has 2 rings (SSSR count). The minimum atomic E-state index is -3.41. The molecule has 19 heavy (non-hydrogen) atoms. The van der Waals surface area contributed by atoms with Crippen molar-refractivity contribution < 1.29 is 8.42 Å². The van der Waals surface area contributed by atoms with Crippen molar-refractivity contribution >= 4 is 10.2 Å². The van der Waals surface area contributed by atoms with Crippen LogP contribution in [0.15, 0.2) is 12.4 Å². The highest BCUT2D eigenvalue weighted by Crippen LogP contribution is 2.18. The molecule has 1 aromatic heterocycles. The standard InChI is InChI=1S/C11H21N5O2S/c1-16(6-2-5-12-11-3-4-11)19(17,18)15-9-10-7-13-14-8-10/h7-8,11-12,15H,2-6,9H2,1H3,(H,13,14). The van der Waals surface area contributed by atoms with Gasteiger partial charge in [-0.15, -0.1) is 0 Å². The first kappa shape index (κ1) is 14.4. The monoisotopic (exact) mass is 287 g/mol. The van der Waals surface area contributed by atoms with E-state index < -0.39 is 10.2 Å². The van der Waals surface area contributed by atoms with Crippen molar-refractivity contribution in [2.45, 2.75) is 31.8 Å². The Morgan fingerprint density at radius 1 is 1.53 bits per heavy atom. The summed E-state index contributed by atoms with van der Waals surface area (Å²) < 4.78 is 27.7. The Bertz CT molecular complexity index is 469. The van der Waals surface area contributed by atoms with Crippen molar-refractivity contribution in [2.75, 3.05) is 20.1 Å². The quantitative estimate of drug-likeness (QED) is 0.550. The number of H-pyrrole nitrogens is 1. The minimum absolute atomic E-state index is 0.253. The van der Waals surface area contributed by atoms with Gasteiger partial charge >= 0.3 is 0 Å². The summed E-state index contributed by atoms with van der Waals surface area (Å²) in [5.41, 5.74) is 0.812. The largest absolute Gasteiger partial charge is 0.314 e. The van der Waals surface area contributed by atoms with Gasteiger partial charge < -0.3 is 5.32 Å². The molecule has 7 nitrogen and oxygen atoms in total. The molecule has 1 saturated carbocycles. The fourth-order valence-electron chi connectivity index (χ4n) is 1.67. The maximum Gasteiger partial charge on any atom is 0.279 e. The lowest BCUT2D eigenvalue weighted by molar-refractivity contribution is 0.444. The fraction of sp³-hybridized carbons (Fsp3) is 0.727. The van der Waals surface area contributed by atoms with E-state index in [2.05, 4.69) is 20.2 Å². The second-order valence-corrected chi connectivity index (χ2v) is 6.70. The van der Waals surface area contributed by atoms with Crippen LogP contribution in [0, 0.1) is 0 Å². The van der Waals surface area contributed by atoms with Crippen LogP contribution in [0.1, 0.15) is 24.8 Å². The van der Waals surface area contributed by atoms with Gasteiger partial charge in [-0.05, 0) is 25.8 Å². The van der Waals surface area contributed by atoms with E-state index in [1.165, 1.54) is 17.1 Å². The highest BCUT2D eigenvalue weighted by molar-refractivity contribution is 7.87. The Labute approximate surface area is 113 Å². The molecule has 0 unspecified atom stereocenters. The molecule has 0 aromatic carbocycles. The summed E-state index contributed by atoms with van der Waals surface area (Å²) in [5.74, 6) is 0. The smallest absolute Gasteiger partial charge is 0.279 e. The van der Waals surface area contributed by atoms with E-state index >= 15 is 0 Å². The first-order chi connectivity index (χ1) is 9.08. The van der Waals surface area contributed by atoms with E-state index in [0.717, 1.165) is 18.5 Å². The van der Waals surface area contributed by atoms with Crippen LogP contribution in [-0.4, -0.2) is 49.1 Å². The maximum absolute atomic E-state index is 11.9. The van der Waals surface area contributed by atoms with Crippen LogP contribution >= 0.6 is 0 Å². The molecule has 0 spiro atoms. The number of nitrogens with one attached hydrogen (secondary N) is 3. The van der Waals surface area contributed by atoms with Crippen molar-refractivity contribution in [3.05, 3.63) is 18.0 Å². The van der Waals surface area contributed by atoms with Crippen molar-refractivity contribution in [2.24, 2.45) is 0 Å². The summed E-state index contributed by atoms with van der Waals surface area (Å²) in [4.78, 5) is 0. The first-order valence-corrected chi connectivity index (χ1v) is 7.94. The summed E-state index contributed by atoms with van der Waals surface area (Å²) in [7, 11) is -1.82. The molecule has 1 fully saturated rings. The van der Waals surface area contributed by atoms with Gasteiger partial charge in [-0.3, -0.25) is 5.10 Å². The zero-order valence-corrected chi connectivity index (χ0v) is 11.9. The second-order valence-electron chi connectivity index (χ2n) is 4.84. The van der Waals surface area contributed by atoms with E-state index in [4.69, 9.17) is 0 Å². The number of nitrogens with zero attached hydrogens (tertiary/aromatic N) is 2. The average Bonchev–Trinajstić information content (AvgIpc) is 3.05. The Balaban J connectivity index is 1.67. The van der Waals surface area contributed by atoms with E-state index in [1.807, 2.05) is 0 Å². The summed E-state index contributed by atoms with van der Waals surface area (Å²) in [6.07, 6.45) is 6.59. The molecule has 1 aromatic rings. The third-order valence-corrected chi connectivity index (χ3v) is 4.60. The lowest BCUT2D eigenvalue weighted by atomic mass is 10.4. The van der Waals surface area contributed by atoms with Crippen LogP contribution in [0.2, 0.25) is 0 Å². The highest BCUT2D eigenvalue weighted by atomic mass is 32.2. The molecule has 0 aliphatic heterocycles. The predicted octanol–water partition coefficient (Wildman–Crippen LogP) is -0.182. The summed E-state index contributed by atoms with van der Waals surface area (Å²) in [6.45, 7) is 1.64. The summed E-state index contributed by atoms with van der Waals surface area (Å²) >= 11 is 0. The molecule has 0 bridgehead atoms. The van der Waals surface area contributed by atoms with Gasteiger partial charge in [0.1, 0.15) is 0 Å². The summed E-state index contributed by atoms with van der Waals surface area (Å²) in [5, 5.41) is 9.78. The molecule has 1 aliphatic rings. The van der Waals surface area contributed by atoms with Gasteiger partial charge in [0.05, 0.1) is 6.20 Å². The number of rotatable bonds is 9. The number of hydrogen-bond acceptors (Lipinski definition) is 4. The molecule has 108 valence electrons. The number of aromatic nitrogens is 2. The Hall–Kier alpha value is -0.960. The minimum Gasteiger partial charge on any atom is -0.314 e. The van der Waals surface area contributed by atoms with Crippen LogP contribution < -0.4 is 10.0 Å². The summed E-state index contributed by atoms with van der Waals surface area (Å²) in [6, 6.07) is 0.668. The van der Waals surface area contributed by atoms with Crippen molar-refractivity contribution in [3.63, 3.8) is 0 Å². The first-order valence-electron chi connectivity index (χ1n) is 6.50. The number of aromatic amines is 1. The van der Waals surface area contributed by atoms with Crippen LogP contribution in [0.4, 0.5) is 0 Å². The van der Waals surface area contributed by atoms with E-state index in [-0.39, 0.29) is 6.54 Å². The van der Waals surface area contributed by atoms with E-state index in [1.54, 1.807) is 19.4 Å². The average molecular weight is 287 g/mol. The SMILES string of the molecule is CN(CCCNC1CC1)S(=O)(=O)NCc1cn[nH]c1. The van der Waals surface area contributed by atoms with Crippen molar-refractivity contribution in [3.8, 4) is 0 Å². The van der Waals surface area contributed by atoms with Crippen LogP contribution in [0.25, 0.3) is 0 Å². The van der Waals surface area contributed by atoms with Crippen molar-refractivity contribution in [1.82, 2.24) is 24.5 Å². The van der Waals surface area contributed by atoms with Gasteiger partial charge in [0.15, 0.2) is 0 Å². The predicted molar refractivity (Wildman–Crippen MR) is 72.6 cm³/mol. The van der Waals surface area contributed by atoms with Gasteiger partial charge in [-0.1, -0.05) is 0 Å². The molecular formula is C11H21N5O2S. The molecule has 8 heteroatoms. The molecule has 1 heterocycles. The van der Waals surface area contributed by atoms with Gasteiger partial charge in [0.25, 0.3) is 10.2 Å². The van der Waals surface area contributed by atoms with Crippen LogP contribution in [-0.2, 0) is 16.8 Å². The van der Waals surface area contributed by atoms with Crippen LogP contribution in [0.3, 0.4) is 0 Å². The molecule has 1 aliphatic carbocycles. The molecule has 0 amide bonds. The van der Waals surface area contributed by atoms with Gasteiger partial charge in [0.2, 0.25) is 0 Å². The second kappa shape index (κ2) is 6.47.